The smallest absolute Gasteiger partial charge is 0.228 e. The molecule has 1 aromatic carbocycles. The molecule has 1 fully saturated rings. The number of benzene rings is 1. The molecule has 6 heteroatoms. The van der Waals surface area contributed by atoms with Crippen LogP contribution in [-0.2, 0) is 16.1 Å². The fraction of sp³-hybridized carbons (Fsp3) is 0.227. The molecule has 0 aliphatic carbocycles. The second kappa shape index (κ2) is 7.94. The van der Waals surface area contributed by atoms with E-state index in [1.54, 1.807) is 22.4 Å². The zero-order valence-corrected chi connectivity index (χ0v) is 16.4. The second-order valence-corrected chi connectivity index (χ2v) is 7.89. The molecule has 2 amide bonds. The third-order valence-corrected chi connectivity index (χ3v) is 5.92. The number of thiophene rings is 1. The molecule has 142 valence electrons. The fourth-order valence-corrected chi connectivity index (χ4v) is 4.46. The molecule has 0 radical (unpaired) electrons. The monoisotopic (exact) mass is 391 g/mol. The molecular formula is C22H21N3O2S. The lowest BCUT2D eigenvalue weighted by atomic mass is 9.97. The first kappa shape index (κ1) is 18.4. The SMILES string of the molecule is Cc1ccc(N2C(=O)C[C@@H](C(=O)NCc3ccccn3)[C@H]2c2cccs2)cc1. The van der Waals surface area contributed by atoms with E-state index in [0.29, 0.717) is 6.54 Å². The van der Waals surface area contributed by atoms with E-state index in [0.717, 1.165) is 21.8 Å². The molecule has 1 saturated heterocycles. The van der Waals surface area contributed by atoms with Crippen molar-refractivity contribution in [3.8, 4) is 0 Å². The molecular weight excluding hydrogens is 370 g/mol. The van der Waals surface area contributed by atoms with E-state index in [1.165, 1.54) is 0 Å². The summed E-state index contributed by atoms with van der Waals surface area (Å²) in [5.74, 6) is -0.580. The number of pyridine rings is 1. The van der Waals surface area contributed by atoms with Crippen molar-refractivity contribution in [1.82, 2.24) is 10.3 Å². The van der Waals surface area contributed by atoms with Gasteiger partial charge in [0, 0.05) is 23.2 Å². The van der Waals surface area contributed by atoms with Crippen LogP contribution in [0.5, 0.6) is 0 Å². The van der Waals surface area contributed by atoms with Crippen molar-refractivity contribution < 1.29 is 9.59 Å². The van der Waals surface area contributed by atoms with Crippen LogP contribution < -0.4 is 10.2 Å². The van der Waals surface area contributed by atoms with Crippen LogP contribution in [0.4, 0.5) is 5.69 Å². The first-order chi connectivity index (χ1) is 13.6. The number of carbonyl (C=O) groups excluding carboxylic acids is 2. The lowest BCUT2D eigenvalue weighted by molar-refractivity contribution is -0.127. The summed E-state index contributed by atoms with van der Waals surface area (Å²) >= 11 is 1.57. The molecule has 0 saturated carbocycles. The zero-order valence-electron chi connectivity index (χ0n) is 15.5. The Morgan fingerprint density at radius 3 is 2.68 bits per heavy atom. The largest absolute Gasteiger partial charge is 0.350 e. The van der Waals surface area contributed by atoms with Gasteiger partial charge in [0.2, 0.25) is 11.8 Å². The van der Waals surface area contributed by atoms with E-state index in [9.17, 15) is 9.59 Å². The van der Waals surface area contributed by atoms with Gasteiger partial charge >= 0.3 is 0 Å². The predicted molar refractivity (Wildman–Crippen MR) is 110 cm³/mol. The predicted octanol–water partition coefficient (Wildman–Crippen LogP) is 3.86. The zero-order chi connectivity index (χ0) is 19.5. The molecule has 0 unspecified atom stereocenters. The molecule has 3 aromatic rings. The summed E-state index contributed by atoms with van der Waals surface area (Å²) in [4.78, 5) is 32.9. The van der Waals surface area contributed by atoms with Crippen LogP contribution >= 0.6 is 11.3 Å². The number of rotatable bonds is 5. The third kappa shape index (κ3) is 3.68. The number of anilines is 1. The van der Waals surface area contributed by atoms with Gasteiger partial charge in [0.25, 0.3) is 0 Å². The second-order valence-electron chi connectivity index (χ2n) is 6.91. The number of amides is 2. The topological polar surface area (TPSA) is 62.3 Å². The molecule has 2 aromatic heterocycles. The van der Waals surface area contributed by atoms with Crippen molar-refractivity contribution in [2.45, 2.75) is 25.9 Å². The number of hydrogen-bond donors (Lipinski definition) is 1. The molecule has 1 aliphatic heterocycles. The third-order valence-electron chi connectivity index (χ3n) is 4.98. The van der Waals surface area contributed by atoms with Gasteiger partial charge in [-0.25, -0.2) is 0 Å². The van der Waals surface area contributed by atoms with Gasteiger partial charge in [-0.3, -0.25) is 14.6 Å². The highest BCUT2D eigenvalue weighted by Crippen LogP contribution is 2.43. The van der Waals surface area contributed by atoms with Gasteiger partial charge in [-0.15, -0.1) is 11.3 Å². The quantitative estimate of drug-likeness (QED) is 0.718. The van der Waals surface area contributed by atoms with Gasteiger partial charge in [0.1, 0.15) is 0 Å². The minimum Gasteiger partial charge on any atom is -0.350 e. The van der Waals surface area contributed by atoms with E-state index in [4.69, 9.17) is 0 Å². The van der Waals surface area contributed by atoms with E-state index < -0.39 is 5.92 Å². The Morgan fingerprint density at radius 1 is 1.18 bits per heavy atom. The molecule has 1 aliphatic rings. The summed E-state index contributed by atoms with van der Waals surface area (Å²) < 4.78 is 0. The maximum Gasteiger partial charge on any atom is 0.228 e. The van der Waals surface area contributed by atoms with Crippen LogP contribution in [0.1, 0.15) is 28.6 Å². The van der Waals surface area contributed by atoms with E-state index in [-0.39, 0.29) is 24.3 Å². The Morgan fingerprint density at radius 2 is 2.00 bits per heavy atom. The van der Waals surface area contributed by atoms with Crippen molar-refractivity contribution >= 4 is 28.8 Å². The summed E-state index contributed by atoms with van der Waals surface area (Å²) in [6, 6.07) is 17.1. The van der Waals surface area contributed by atoms with Crippen molar-refractivity contribution in [1.29, 1.82) is 0 Å². The van der Waals surface area contributed by atoms with Gasteiger partial charge in [-0.1, -0.05) is 29.8 Å². The molecule has 0 spiro atoms. The molecule has 5 nitrogen and oxygen atoms in total. The minimum absolute atomic E-state index is 0.0276. The van der Waals surface area contributed by atoms with Gasteiger partial charge in [-0.05, 0) is 42.6 Å². The summed E-state index contributed by atoms with van der Waals surface area (Å²) in [5, 5.41) is 4.94. The summed E-state index contributed by atoms with van der Waals surface area (Å²) in [5.41, 5.74) is 2.75. The van der Waals surface area contributed by atoms with Crippen LogP contribution in [0.15, 0.2) is 66.2 Å². The molecule has 3 heterocycles. The van der Waals surface area contributed by atoms with E-state index in [1.807, 2.05) is 66.9 Å². The van der Waals surface area contributed by atoms with Crippen molar-refractivity contribution in [3.05, 3.63) is 82.3 Å². The first-order valence-electron chi connectivity index (χ1n) is 9.23. The Labute approximate surface area is 168 Å². The van der Waals surface area contributed by atoms with Gasteiger partial charge in [0.05, 0.1) is 24.2 Å². The van der Waals surface area contributed by atoms with Crippen LogP contribution in [0.25, 0.3) is 0 Å². The maximum absolute atomic E-state index is 13.0. The van der Waals surface area contributed by atoms with Crippen molar-refractivity contribution in [2.75, 3.05) is 4.90 Å². The molecule has 1 N–H and O–H groups in total. The number of aromatic nitrogens is 1. The number of nitrogens with zero attached hydrogens (tertiary/aromatic N) is 2. The van der Waals surface area contributed by atoms with Gasteiger partial charge in [0.15, 0.2) is 0 Å². The molecule has 0 bridgehead atoms. The first-order valence-corrected chi connectivity index (χ1v) is 10.1. The van der Waals surface area contributed by atoms with Gasteiger partial charge < -0.3 is 10.2 Å². The van der Waals surface area contributed by atoms with Crippen LogP contribution in [0.3, 0.4) is 0 Å². The highest BCUT2D eigenvalue weighted by atomic mass is 32.1. The highest BCUT2D eigenvalue weighted by Gasteiger charge is 2.45. The molecule has 28 heavy (non-hydrogen) atoms. The summed E-state index contributed by atoms with van der Waals surface area (Å²) in [6.45, 7) is 2.37. The number of carbonyl (C=O) groups is 2. The van der Waals surface area contributed by atoms with Crippen molar-refractivity contribution in [2.24, 2.45) is 5.92 Å². The van der Waals surface area contributed by atoms with E-state index in [2.05, 4.69) is 10.3 Å². The lowest BCUT2D eigenvalue weighted by Crippen LogP contribution is -2.35. The standard InChI is InChI=1S/C22H21N3O2S/c1-15-7-9-17(10-8-15)25-20(26)13-18(21(25)19-6-4-12-28-19)22(27)24-14-16-5-2-3-11-23-16/h2-12,18,21H,13-14H2,1H3,(H,24,27)/t18-,21+/m1/s1. The Balaban J connectivity index is 1.60. The van der Waals surface area contributed by atoms with Crippen LogP contribution in [0.2, 0.25) is 0 Å². The average Bonchev–Trinajstić information content (AvgIpc) is 3.35. The summed E-state index contributed by atoms with van der Waals surface area (Å²) in [7, 11) is 0. The normalized spacial score (nSPS) is 19.0. The molecule has 4 rings (SSSR count). The van der Waals surface area contributed by atoms with Crippen molar-refractivity contribution in [3.63, 3.8) is 0 Å². The Bertz CT molecular complexity index is 955. The summed E-state index contributed by atoms with van der Waals surface area (Å²) in [6.07, 6.45) is 1.90. The fourth-order valence-electron chi connectivity index (χ4n) is 3.58. The molecule has 2 atom stereocenters. The van der Waals surface area contributed by atoms with Crippen LogP contribution in [-0.4, -0.2) is 16.8 Å². The Hall–Kier alpha value is -2.99. The minimum atomic E-state index is -0.434. The number of hydrogen-bond acceptors (Lipinski definition) is 4. The van der Waals surface area contributed by atoms with Gasteiger partial charge in [-0.2, -0.15) is 0 Å². The highest BCUT2D eigenvalue weighted by molar-refractivity contribution is 7.10. The Kier molecular flexibility index (Phi) is 5.21. The number of aryl methyl sites for hydroxylation is 1. The van der Waals surface area contributed by atoms with Crippen LogP contribution in [0, 0.1) is 12.8 Å². The lowest BCUT2D eigenvalue weighted by Gasteiger charge is -2.27. The number of nitrogens with one attached hydrogen (secondary N) is 1. The average molecular weight is 391 g/mol. The van der Waals surface area contributed by atoms with E-state index >= 15 is 0 Å². The maximum atomic E-state index is 13.0.